The molecule has 5 heteroatoms. The van der Waals surface area contributed by atoms with Crippen molar-refractivity contribution in [2.24, 2.45) is 5.73 Å². The molecule has 0 amide bonds. The molecule has 2 atom stereocenters. The van der Waals surface area contributed by atoms with E-state index in [2.05, 4.69) is 11.9 Å². The summed E-state index contributed by atoms with van der Waals surface area (Å²) in [7, 11) is 6.99. The summed E-state index contributed by atoms with van der Waals surface area (Å²) in [5.74, 6) is 2.00. The molecule has 1 aromatic rings. The van der Waals surface area contributed by atoms with Gasteiger partial charge in [-0.25, -0.2) is 0 Å². The molecule has 1 aromatic carbocycles. The fraction of sp³-hybridized carbons (Fsp3) is 0.600. The van der Waals surface area contributed by atoms with E-state index >= 15 is 0 Å². The van der Waals surface area contributed by atoms with E-state index in [1.54, 1.807) is 21.3 Å². The highest BCUT2D eigenvalue weighted by Gasteiger charge is 2.32. The standard InChI is InChI=1S/C15H24N2O3/c1-17-9-5-6-11(16)13(17)10-7-8-12(18-2)15(20-4)14(10)19-3/h7-8,11,13H,5-6,9,16H2,1-4H3. The van der Waals surface area contributed by atoms with Crippen LogP contribution in [0.3, 0.4) is 0 Å². The molecule has 1 fully saturated rings. The number of methoxy groups -OCH3 is 3. The normalized spacial score (nSPS) is 23.4. The van der Waals surface area contributed by atoms with E-state index < -0.39 is 0 Å². The largest absolute Gasteiger partial charge is 0.493 e. The van der Waals surface area contributed by atoms with Gasteiger partial charge >= 0.3 is 0 Å². The van der Waals surface area contributed by atoms with Gasteiger partial charge in [0, 0.05) is 11.6 Å². The fourth-order valence-corrected chi connectivity index (χ4v) is 3.03. The first-order valence-electron chi connectivity index (χ1n) is 6.88. The van der Waals surface area contributed by atoms with Gasteiger partial charge in [0.25, 0.3) is 0 Å². The molecule has 2 rings (SSSR count). The average Bonchev–Trinajstić information content (AvgIpc) is 2.46. The summed E-state index contributed by atoms with van der Waals surface area (Å²) in [6, 6.07) is 4.16. The molecule has 0 spiro atoms. The van der Waals surface area contributed by atoms with Crippen LogP contribution in [-0.4, -0.2) is 45.9 Å². The highest BCUT2D eigenvalue weighted by molar-refractivity contribution is 5.57. The van der Waals surface area contributed by atoms with E-state index in [1.165, 1.54) is 0 Å². The predicted octanol–water partition coefficient (Wildman–Crippen LogP) is 1.81. The number of benzene rings is 1. The molecule has 112 valence electrons. The Morgan fingerprint density at radius 3 is 2.35 bits per heavy atom. The quantitative estimate of drug-likeness (QED) is 0.911. The Morgan fingerprint density at radius 2 is 1.80 bits per heavy atom. The van der Waals surface area contributed by atoms with Crippen molar-refractivity contribution in [1.82, 2.24) is 4.90 Å². The van der Waals surface area contributed by atoms with Gasteiger partial charge in [0.15, 0.2) is 11.5 Å². The number of likely N-dealkylation sites (tertiary alicyclic amines) is 1. The summed E-state index contributed by atoms with van der Waals surface area (Å²) < 4.78 is 16.3. The average molecular weight is 280 g/mol. The van der Waals surface area contributed by atoms with Gasteiger partial charge in [-0.15, -0.1) is 0 Å². The van der Waals surface area contributed by atoms with Crippen LogP contribution in [0.1, 0.15) is 24.4 Å². The number of ether oxygens (including phenoxy) is 3. The highest BCUT2D eigenvalue weighted by Crippen LogP contribution is 2.44. The smallest absolute Gasteiger partial charge is 0.203 e. The first-order valence-corrected chi connectivity index (χ1v) is 6.88. The van der Waals surface area contributed by atoms with Crippen molar-refractivity contribution >= 4 is 0 Å². The van der Waals surface area contributed by atoms with Gasteiger partial charge in [-0.1, -0.05) is 0 Å². The number of nitrogens with two attached hydrogens (primary N) is 1. The van der Waals surface area contributed by atoms with Crippen LogP contribution in [-0.2, 0) is 0 Å². The Morgan fingerprint density at radius 1 is 1.10 bits per heavy atom. The number of rotatable bonds is 4. The van der Waals surface area contributed by atoms with Gasteiger partial charge in [0.05, 0.1) is 27.4 Å². The van der Waals surface area contributed by atoms with Crippen LogP contribution in [0.5, 0.6) is 17.2 Å². The number of nitrogens with zero attached hydrogens (tertiary/aromatic N) is 1. The molecule has 20 heavy (non-hydrogen) atoms. The molecule has 0 saturated carbocycles. The summed E-state index contributed by atoms with van der Waals surface area (Å²) in [5, 5.41) is 0. The van der Waals surface area contributed by atoms with E-state index in [9.17, 15) is 0 Å². The monoisotopic (exact) mass is 280 g/mol. The lowest BCUT2D eigenvalue weighted by Gasteiger charge is -2.38. The van der Waals surface area contributed by atoms with Crippen LogP contribution < -0.4 is 19.9 Å². The van der Waals surface area contributed by atoms with Crippen molar-refractivity contribution in [3.63, 3.8) is 0 Å². The first-order chi connectivity index (χ1) is 9.63. The van der Waals surface area contributed by atoms with Crippen molar-refractivity contribution in [3.05, 3.63) is 17.7 Å². The van der Waals surface area contributed by atoms with Crippen molar-refractivity contribution in [2.45, 2.75) is 24.9 Å². The van der Waals surface area contributed by atoms with Crippen LogP contribution in [0, 0.1) is 0 Å². The van der Waals surface area contributed by atoms with Gasteiger partial charge < -0.3 is 19.9 Å². The van der Waals surface area contributed by atoms with Gasteiger partial charge in [-0.3, -0.25) is 4.90 Å². The summed E-state index contributed by atoms with van der Waals surface area (Å²) in [6.45, 7) is 1.04. The maximum absolute atomic E-state index is 6.32. The van der Waals surface area contributed by atoms with Crippen molar-refractivity contribution < 1.29 is 14.2 Å². The predicted molar refractivity (Wildman–Crippen MR) is 78.7 cm³/mol. The molecule has 1 heterocycles. The van der Waals surface area contributed by atoms with E-state index in [0.29, 0.717) is 17.2 Å². The number of hydrogen-bond donors (Lipinski definition) is 1. The molecule has 0 aliphatic carbocycles. The SMILES string of the molecule is COc1ccc(C2C(N)CCCN2C)c(OC)c1OC. The minimum absolute atomic E-state index is 0.0979. The summed E-state index contributed by atoms with van der Waals surface area (Å²) >= 11 is 0. The van der Waals surface area contributed by atoms with E-state index in [-0.39, 0.29) is 12.1 Å². The van der Waals surface area contributed by atoms with Gasteiger partial charge in [0.2, 0.25) is 5.75 Å². The van der Waals surface area contributed by atoms with Crippen LogP contribution in [0.25, 0.3) is 0 Å². The molecule has 2 unspecified atom stereocenters. The molecule has 0 bridgehead atoms. The Kier molecular flexibility index (Phi) is 4.73. The van der Waals surface area contributed by atoms with Gasteiger partial charge in [0.1, 0.15) is 0 Å². The van der Waals surface area contributed by atoms with Crippen LogP contribution >= 0.6 is 0 Å². The van der Waals surface area contributed by atoms with Crippen molar-refractivity contribution in [2.75, 3.05) is 34.9 Å². The second kappa shape index (κ2) is 6.33. The Balaban J connectivity index is 2.50. The van der Waals surface area contributed by atoms with E-state index in [4.69, 9.17) is 19.9 Å². The highest BCUT2D eigenvalue weighted by atomic mass is 16.5. The summed E-state index contributed by atoms with van der Waals surface area (Å²) in [4.78, 5) is 2.28. The maximum Gasteiger partial charge on any atom is 0.203 e. The third-order valence-corrected chi connectivity index (χ3v) is 3.98. The fourth-order valence-electron chi connectivity index (χ4n) is 3.03. The maximum atomic E-state index is 6.32. The Labute approximate surface area is 120 Å². The molecule has 0 radical (unpaired) electrons. The van der Waals surface area contributed by atoms with Crippen LogP contribution in [0.4, 0.5) is 0 Å². The second-order valence-electron chi connectivity index (χ2n) is 5.16. The lowest BCUT2D eigenvalue weighted by atomic mass is 9.90. The minimum Gasteiger partial charge on any atom is -0.493 e. The molecule has 1 aliphatic heterocycles. The summed E-state index contributed by atoms with van der Waals surface area (Å²) in [6.07, 6.45) is 2.15. The number of piperidine rings is 1. The van der Waals surface area contributed by atoms with Crippen LogP contribution in [0.15, 0.2) is 12.1 Å². The molecular weight excluding hydrogens is 256 g/mol. The third-order valence-electron chi connectivity index (χ3n) is 3.98. The van der Waals surface area contributed by atoms with Crippen molar-refractivity contribution in [1.29, 1.82) is 0 Å². The van der Waals surface area contributed by atoms with Crippen LogP contribution in [0.2, 0.25) is 0 Å². The Bertz CT molecular complexity index is 455. The zero-order valence-corrected chi connectivity index (χ0v) is 12.7. The zero-order chi connectivity index (χ0) is 14.7. The molecular formula is C15H24N2O3. The lowest BCUT2D eigenvalue weighted by molar-refractivity contribution is 0.159. The first kappa shape index (κ1) is 14.9. The topological polar surface area (TPSA) is 57.0 Å². The molecule has 2 N–H and O–H groups in total. The molecule has 0 aromatic heterocycles. The third kappa shape index (κ3) is 2.55. The number of hydrogen-bond acceptors (Lipinski definition) is 5. The molecule has 1 saturated heterocycles. The summed E-state index contributed by atoms with van der Waals surface area (Å²) in [5.41, 5.74) is 7.37. The van der Waals surface area contributed by atoms with Gasteiger partial charge in [-0.05, 0) is 38.6 Å². The van der Waals surface area contributed by atoms with E-state index in [1.807, 2.05) is 12.1 Å². The van der Waals surface area contributed by atoms with Gasteiger partial charge in [-0.2, -0.15) is 0 Å². The minimum atomic E-state index is 0.0979. The zero-order valence-electron chi connectivity index (χ0n) is 12.7. The lowest BCUT2D eigenvalue weighted by Crippen LogP contribution is -2.44. The van der Waals surface area contributed by atoms with E-state index in [0.717, 1.165) is 24.9 Å². The van der Waals surface area contributed by atoms with Crippen molar-refractivity contribution in [3.8, 4) is 17.2 Å². The molecule has 5 nitrogen and oxygen atoms in total. The molecule has 1 aliphatic rings. The second-order valence-corrected chi connectivity index (χ2v) is 5.16. The number of likely N-dealkylation sites (N-methyl/N-ethyl adjacent to an activating group) is 1. The Hall–Kier alpha value is -1.46.